The maximum atomic E-state index is 12.4. The second-order valence-electron chi connectivity index (χ2n) is 6.85. The molecular formula is C21H25Cl2N3O. The maximum absolute atomic E-state index is 12.4. The van der Waals surface area contributed by atoms with Crippen molar-refractivity contribution in [3.63, 3.8) is 0 Å². The first-order valence-corrected chi connectivity index (χ1v) is 10.0. The van der Waals surface area contributed by atoms with Crippen LogP contribution in [0.15, 0.2) is 36.4 Å². The molecule has 1 saturated heterocycles. The van der Waals surface area contributed by atoms with Crippen LogP contribution in [0, 0.1) is 6.92 Å². The number of hydrogen-bond acceptors (Lipinski definition) is 3. The van der Waals surface area contributed by atoms with E-state index in [1.54, 1.807) is 18.2 Å². The normalized spacial score (nSPS) is 15.0. The van der Waals surface area contributed by atoms with Crippen LogP contribution in [-0.2, 0) is 11.2 Å². The number of hydrogen-bond donors (Lipinski definition) is 1. The topological polar surface area (TPSA) is 35.6 Å². The van der Waals surface area contributed by atoms with Crippen molar-refractivity contribution >= 4 is 40.5 Å². The van der Waals surface area contributed by atoms with Crippen molar-refractivity contribution in [2.24, 2.45) is 0 Å². The molecule has 1 aliphatic heterocycles. The molecule has 0 spiro atoms. The van der Waals surface area contributed by atoms with Gasteiger partial charge in [0.1, 0.15) is 0 Å². The molecule has 0 atom stereocenters. The molecule has 1 heterocycles. The van der Waals surface area contributed by atoms with Gasteiger partial charge in [0.05, 0.1) is 6.42 Å². The standard InChI is InChI=1S/C21H25Cl2N3O/c1-3-25-9-11-26(12-10-25)16-7-8-20(15(2)13-16)24-21(27)14-17-18(22)5-4-6-19(17)23/h4-8,13H,3,9-12,14H2,1-2H3,(H,24,27). The van der Waals surface area contributed by atoms with Gasteiger partial charge in [-0.15, -0.1) is 0 Å². The van der Waals surface area contributed by atoms with Gasteiger partial charge in [-0.1, -0.05) is 36.2 Å². The van der Waals surface area contributed by atoms with Crippen molar-refractivity contribution in [2.45, 2.75) is 20.3 Å². The summed E-state index contributed by atoms with van der Waals surface area (Å²) >= 11 is 12.3. The predicted molar refractivity (Wildman–Crippen MR) is 114 cm³/mol. The van der Waals surface area contributed by atoms with E-state index in [9.17, 15) is 4.79 Å². The summed E-state index contributed by atoms with van der Waals surface area (Å²) in [6.45, 7) is 9.57. The summed E-state index contributed by atoms with van der Waals surface area (Å²) in [5.41, 5.74) is 3.72. The van der Waals surface area contributed by atoms with E-state index in [0.29, 0.717) is 15.6 Å². The number of piperazine rings is 1. The fourth-order valence-electron chi connectivity index (χ4n) is 3.36. The number of halogens is 2. The molecule has 0 unspecified atom stereocenters. The first-order valence-electron chi connectivity index (χ1n) is 9.28. The first-order chi connectivity index (χ1) is 13.0. The third kappa shape index (κ3) is 4.95. The van der Waals surface area contributed by atoms with Gasteiger partial charge in [0, 0.05) is 47.6 Å². The second-order valence-corrected chi connectivity index (χ2v) is 7.66. The Morgan fingerprint density at radius 1 is 1.07 bits per heavy atom. The molecule has 3 rings (SSSR count). The molecule has 1 amide bonds. The smallest absolute Gasteiger partial charge is 0.228 e. The van der Waals surface area contributed by atoms with Crippen molar-refractivity contribution in [3.05, 3.63) is 57.6 Å². The fourth-order valence-corrected chi connectivity index (χ4v) is 3.89. The van der Waals surface area contributed by atoms with E-state index in [2.05, 4.69) is 34.2 Å². The molecule has 6 heteroatoms. The van der Waals surface area contributed by atoms with E-state index in [1.165, 1.54) is 5.69 Å². The lowest BCUT2D eigenvalue weighted by atomic mass is 10.1. The molecule has 0 aliphatic carbocycles. The van der Waals surface area contributed by atoms with Gasteiger partial charge >= 0.3 is 0 Å². The van der Waals surface area contributed by atoms with Gasteiger partial charge in [0.15, 0.2) is 0 Å². The Bertz CT molecular complexity index is 797. The minimum absolute atomic E-state index is 0.127. The Balaban J connectivity index is 1.65. The molecule has 0 aromatic heterocycles. The highest BCUT2D eigenvalue weighted by Gasteiger charge is 2.17. The summed E-state index contributed by atoms with van der Waals surface area (Å²) < 4.78 is 0. The van der Waals surface area contributed by atoms with Gasteiger partial charge in [0.25, 0.3) is 0 Å². The Kier molecular flexibility index (Phi) is 6.64. The fraction of sp³-hybridized carbons (Fsp3) is 0.381. The van der Waals surface area contributed by atoms with Crippen LogP contribution in [0.1, 0.15) is 18.1 Å². The molecule has 0 bridgehead atoms. The lowest BCUT2D eigenvalue weighted by Gasteiger charge is -2.35. The van der Waals surface area contributed by atoms with Crippen LogP contribution >= 0.6 is 23.2 Å². The van der Waals surface area contributed by atoms with Crippen molar-refractivity contribution in [1.29, 1.82) is 0 Å². The number of aryl methyl sites for hydroxylation is 1. The van der Waals surface area contributed by atoms with Gasteiger partial charge in [-0.05, 0) is 54.9 Å². The largest absolute Gasteiger partial charge is 0.369 e. The molecule has 0 radical (unpaired) electrons. The van der Waals surface area contributed by atoms with E-state index in [0.717, 1.165) is 44.0 Å². The third-order valence-electron chi connectivity index (χ3n) is 5.07. The number of nitrogens with one attached hydrogen (secondary N) is 1. The number of rotatable bonds is 5. The van der Waals surface area contributed by atoms with Gasteiger partial charge in [-0.2, -0.15) is 0 Å². The average Bonchev–Trinajstić information content (AvgIpc) is 2.66. The van der Waals surface area contributed by atoms with Crippen molar-refractivity contribution < 1.29 is 4.79 Å². The first kappa shape index (κ1) is 20.0. The van der Waals surface area contributed by atoms with Gasteiger partial charge in [-0.25, -0.2) is 0 Å². The Morgan fingerprint density at radius 2 is 1.74 bits per heavy atom. The molecule has 4 nitrogen and oxygen atoms in total. The Hall–Kier alpha value is -1.75. The van der Waals surface area contributed by atoms with Crippen LogP contribution in [0.4, 0.5) is 11.4 Å². The highest BCUT2D eigenvalue weighted by Crippen LogP contribution is 2.27. The summed E-state index contributed by atoms with van der Waals surface area (Å²) in [5.74, 6) is -0.127. The van der Waals surface area contributed by atoms with E-state index in [1.807, 2.05) is 13.0 Å². The highest BCUT2D eigenvalue weighted by atomic mass is 35.5. The second kappa shape index (κ2) is 8.96. The predicted octanol–water partition coefficient (Wildman–Crippen LogP) is 4.62. The zero-order valence-corrected chi connectivity index (χ0v) is 17.3. The number of nitrogens with zero attached hydrogens (tertiary/aromatic N) is 2. The molecule has 2 aromatic rings. The number of benzene rings is 2. The minimum atomic E-state index is -0.127. The quantitative estimate of drug-likeness (QED) is 0.787. The van der Waals surface area contributed by atoms with Crippen LogP contribution in [0.25, 0.3) is 0 Å². The SMILES string of the molecule is CCN1CCN(c2ccc(NC(=O)Cc3c(Cl)cccc3Cl)c(C)c2)CC1. The third-order valence-corrected chi connectivity index (χ3v) is 5.78. The highest BCUT2D eigenvalue weighted by molar-refractivity contribution is 6.36. The minimum Gasteiger partial charge on any atom is -0.369 e. The molecule has 2 aromatic carbocycles. The van der Waals surface area contributed by atoms with Crippen LogP contribution in [0.3, 0.4) is 0 Å². The average molecular weight is 406 g/mol. The molecule has 1 aliphatic rings. The zero-order chi connectivity index (χ0) is 19.4. The van der Waals surface area contributed by atoms with E-state index >= 15 is 0 Å². The number of likely N-dealkylation sites (N-methyl/N-ethyl adjacent to an activating group) is 1. The van der Waals surface area contributed by atoms with E-state index < -0.39 is 0 Å². The summed E-state index contributed by atoms with van der Waals surface area (Å²) in [5, 5.41) is 4.00. The van der Waals surface area contributed by atoms with Crippen LogP contribution < -0.4 is 10.2 Å². The number of carbonyl (C=O) groups is 1. The van der Waals surface area contributed by atoms with Crippen molar-refractivity contribution in [1.82, 2.24) is 4.90 Å². The molecular weight excluding hydrogens is 381 g/mol. The maximum Gasteiger partial charge on any atom is 0.228 e. The number of anilines is 2. The lowest BCUT2D eigenvalue weighted by molar-refractivity contribution is -0.115. The van der Waals surface area contributed by atoms with E-state index in [-0.39, 0.29) is 12.3 Å². The Morgan fingerprint density at radius 3 is 2.33 bits per heavy atom. The van der Waals surface area contributed by atoms with Crippen LogP contribution in [0.5, 0.6) is 0 Å². The molecule has 27 heavy (non-hydrogen) atoms. The Labute approximate surface area is 171 Å². The number of carbonyl (C=O) groups excluding carboxylic acids is 1. The van der Waals surface area contributed by atoms with E-state index in [4.69, 9.17) is 23.2 Å². The van der Waals surface area contributed by atoms with Crippen LogP contribution in [-0.4, -0.2) is 43.5 Å². The summed E-state index contributed by atoms with van der Waals surface area (Å²) in [7, 11) is 0. The van der Waals surface area contributed by atoms with Crippen molar-refractivity contribution in [3.8, 4) is 0 Å². The summed E-state index contributed by atoms with van der Waals surface area (Å²) in [4.78, 5) is 17.3. The van der Waals surface area contributed by atoms with Gasteiger partial charge in [0.2, 0.25) is 5.91 Å². The summed E-state index contributed by atoms with van der Waals surface area (Å²) in [6.07, 6.45) is 0.151. The molecule has 0 saturated carbocycles. The summed E-state index contributed by atoms with van der Waals surface area (Å²) in [6, 6.07) is 11.5. The van der Waals surface area contributed by atoms with Gasteiger partial charge in [-0.3, -0.25) is 4.79 Å². The zero-order valence-electron chi connectivity index (χ0n) is 15.8. The molecule has 1 fully saturated rings. The van der Waals surface area contributed by atoms with Crippen molar-refractivity contribution in [2.75, 3.05) is 42.9 Å². The molecule has 144 valence electrons. The monoisotopic (exact) mass is 405 g/mol. The van der Waals surface area contributed by atoms with Gasteiger partial charge < -0.3 is 15.1 Å². The molecule has 1 N–H and O–H groups in total. The number of amides is 1. The van der Waals surface area contributed by atoms with Crippen LogP contribution in [0.2, 0.25) is 10.0 Å². The lowest BCUT2D eigenvalue weighted by Crippen LogP contribution is -2.46.